The van der Waals surface area contributed by atoms with Crippen LogP contribution in [0.15, 0.2) is 78.9 Å². The van der Waals surface area contributed by atoms with E-state index < -0.39 is 5.91 Å². The average Bonchev–Trinajstić information content (AvgIpc) is 2.77. The molecular formula is C23H19N3O3. The predicted molar refractivity (Wildman–Crippen MR) is 109 cm³/mol. The van der Waals surface area contributed by atoms with Gasteiger partial charge in [0.1, 0.15) is 5.75 Å². The minimum Gasteiger partial charge on any atom is -0.484 e. The molecule has 2 N–H and O–H groups in total. The van der Waals surface area contributed by atoms with Gasteiger partial charge in [-0.3, -0.25) is 9.59 Å². The number of amides is 2. The Labute approximate surface area is 168 Å². The number of benzene rings is 3. The quantitative estimate of drug-likeness (QED) is 0.651. The van der Waals surface area contributed by atoms with Crippen LogP contribution in [0.4, 0.5) is 5.69 Å². The molecule has 0 spiro atoms. The van der Waals surface area contributed by atoms with Gasteiger partial charge in [-0.1, -0.05) is 42.5 Å². The molecule has 0 unspecified atom stereocenters. The first kappa shape index (κ1) is 19.6. The molecule has 0 saturated carbocycles. The van der Waals surface area contributed by atoms with Crippen molar-refractivity contribution in [1.29, 1.82) is 5.26 Å². The van der Waals surface area contributed by atoms with Gasteiger partial charge in [-0.2, -0.15) is 5.26 Å². The third kappa shape index (κ3) is 5.68. The predicted octanol–water partition coefficient (Wildman–Crippen LogP) is 3.51. The summed E-state index contributed by atoms with van der Waals surface area (Å²) >= 11 is 0. The number of hydrogen-bond acceptors (Lipinski definition) is 4. The van der Waals surface area contributed by atoms with E-state index in [2.05, 4.69) is 10.6 Å². The highest BCUT2D eigenvalue weighted by Gasteiger charge is 2.13. The number of anilines is 1. The van der Waals surface area contributed by atoms with E-state index in [0.29, 0.717) is 29.1 Å². The highest BCUT2D eigenvalue weighted by molar-refractivity contribution is 6.04. The van der Waals surface area contributed by atoms with Crippen LogP contribution in [-0.4, -0.2) is 18.4 Å². The van der Waals surface area contributed by atoms with Crippen molar-refractivity contribution in [2.75, 3.05) is 11.9 Å². The van der Waals surface area contributed by atoms with Crippen molar-refractivity contribution >= 4 is 17.5 Å². The number of hydrogen-bond donors (Lipinski definition) is 2. The van der Waals surface area contributed by atoms with Gasteiger partial charge in [0, 0.05) is 6.54 Å². The monoisotopic (exact) mass is 385 g/mol. The number of nitriles is 1. The van der Waals surface area contributed by atoms with Crippen molar-refractivity contribution < 1.29 is 14.3 Å². The average molecular weight is 385 g/mol. The molecule has 0 aliphatic carbocycles. The molecule has 2 amide bonds. The fourth-order valence-electron chi connectivity index (χ4n) is 2.62. The summed E-state index contributed by atoms with van der Waals surface area (Å²) in [6.45, 7) is 0.176. The maximum atomic E-state index is 12.5. The van der Waals surface area contributed by atoms with Crippen molar-refractivity contribution in [2.45, 2.75) is 6.54 Å². The molecule has 3 rings (SSSR count). The summed E-state index contributed by atoms with van der Waals surface area (Å²) in [6, 6.07) is 24.8. The third-order valence-electron chi connectivity index (χ3n) is 4.10. The van der Waals surface area contributed by atoms with E-state index in [1.165, 1.54) is 0 Å². The largest absolute Gasteiger partial charge is 0.484 e. The molecule has 0 radical (unpaired) electrons. The van der Waals surface area contributed by atoms with E-state index in [0.717, 1.165) is 5.56 Å². The summed E-state index contributed by atoms with van der Waals surface area (Å²) in [5.41, 5.74) is 2.28. The standard InChI is InChI=1S/C23H19N3O3/c24-14-17-10-12-19(13-11-17)29-16-22(27)26-21-9-5-4-8-20(21)23(28)25-15-18-6-2-1-3-7-18/h1-13H,15-16H2,(H,25,28)(H,26,27). The normalized spacial score (nSPS) is 9.90. The van der Waals surface area contributed by atoms with Crippen molar-refractivity contribution in [1.82, 2.24) is 5.32 Å². The Morgan fingerprint density at radius 2 is 1.59 bits per heavy atom. The van der Waals surface area contributed by atoms with Crippen LogP contribution in [0.25, 0.3) is 0 Å². The summed E-state index contributed by atoms with van der Waals surface area (Å²) in [7, 11) is 0. The highest BCUT2D eigenvalue weighted by Crippen LogP contribution is 2.16. The second kappa shape index (κ2) is 9.72. The fraction of sp³-hybridized carbons (Fsp3) is 0.0870. The molecule has 0 atom stereocenters. The van der Waals surface area contributed by atoms with Crippen LogP contribution < -0.4 is 15.4 Å². The Hall–Kier alpha value is -4.11. The Morgan fingerprint density at radius 1 is 0.897 bits per heavy atom. The van der Waals surface area contributed by atoms with E-state index in [1.807, 2.05) is 36.4 Å². The molecular weight excluding hydrogens is 366 g/mol. The Bertz CT molecular complexity index is 1030. The van der Waals surface area contributed by atoms with Crippen LogP contribution in [0.2, 0.25) is 0 Å². The molecule has 0 heterocycles. The van der Waals surface area contributed by atoms with Crippen LogP contribution in [-0.2, 0) is 11.3 Å². The number of carbonyl (C=O) groups is 2. The second-order valence-electron chi connectivity index (χ2n) is 6.19. The minimum atomic E-state index is -0.391. The first-order valence-corrected chi connectivity index (χ1v) is 8.99. The number of para-hydroxylation sites is 1. The van der Waals surface area contributed by atoms with Crippen molar-refractivity contribution in [3.63, 3.8) is 0 Å². The van der Waals surface area contributed by atoms with Crippen LogP contribution in [0.5, 0.6) is 5.75 Å². The van der Waals surface area contributed by atoms with E-state index in [1.54, 1.807) is 48.5 Å². The lowest BCUT2D eigenvalue weighted by Crippen LogP contribution is -2.26. The molecule has 0 fully saturated rings. The molecule has 29 heavy (non-hydrogen) atoms. The van der Waals surface area contributed by atoms with Crippen LogP contribution in [0, 0.1) is 11.3 Å². The van der Waals surface area contributed by atoms with Gasteiger partial charge in [-0.05, 0) is 42.0 Å². The van der Waals surface area contributed by atoms with Gasteiger partial charge in [0.25, 0.3) is 11.8 Å². The second-order valence-corrected chi connectivity index (χ2v) is 6.19. The first-order chi connectivity index (χ1) is 14.2. The van der Waals surface area contributed by atoms with Gasteiger partial charge < -0.3 is 15.4 Å². The Balaban J connectivity index is 1.58. The molecule has 6 nitrogen and oxygen atoms in total. The topological polar surface area (TPSA) is 91.2 Å². The number of rotatable bonds is 7. The lowest BCUT2D eigenvalue weighted by Gasteiger charge is -2.12. The summed E-state index contributed by atoms with van der Waals surface area (Å²) in [5.74, 6) is -0.191. The number of nitrogens with one attached hydrogen (secondary N) is 2. The number of carbonyl (C=O) groups excluding carboxylic acids is 2. The van der Waals surface area contributed by atoms with Crippen LogP contribution >= 0.6 is 0 Å². The molecule has 0 aliphatic rings. The molecule has 3 aromatic rings. The van der Waals surface area contributed by atoms with Gasteiger partial charge in [0.2, 0.25) is 0 Å². The first-order valence-electron chi connectivity index (χ1n) is 8.99. The summed E-state index contributed by atoms with van der Waals surface area (Å²) in [4.78, 5) is 24.8. The zero-order valence-electron chi connectivity index (χ0n) is 15.6. The van der Waals surface area contributed by atoms with E-state index in [9.17, 15) is 9.59 Å². The van der Waals surface area contributed by atoms with Gasteiger partial charge in [0.15, 0.2) is 6.61 Å². The molecule has 0 aliphatic heterocycles. The minimum absolute atomic E-state index is 0.216. The van der Waals surface area contributed by atoms with Crippen molar-refractivity contribution in [3.05, 3.63) is 95.6 Å². The lowest BCUT2D eigenvalue weighted by molar-refractivity contribution is -0.118. The number of nitrogens with zero attached hydrogens (tertiary/aromatic N) is 1. The molecule has 3 aromatic carbocycles. The SMILES string of the molecule is N#Cc1ccc(OCC(=O)Nc2ccccc2C(=O)NCc2ccccc2)cc1. The van der Waals surface area contributed by atoms with Crippen LogP contribution in [0.1, 0.15) is 21.5 Å². The molecule has 144 valence electrons. The highest BCUT2D eigenvalue weighted by atomic mass is 16.5. The fourth-order valence-corrected chi connectivity index (χ4v) is 2.62. The molecule has 0 bridgehead atoms. The zero-order valence-corrected chi connectivity index (χ0v) is 15.6. The van der Waals surface area contributed by atoms with Gasteiger partial charge in [0.05, 0.1) is 22.9 Å². The maximum Gasteiger partial charge on any atom is 0.262 e. The lowest BCUT2D eigenvalue weighted by atomic mass is 10.1. The van der Waals surface area contributed by atoms with Crippen molar-refractivity contribution in [3.8, 4) is 11.8 Å². The third-order valence-corrected chi connectivity index (χ3v) is 4.10. The number of ether oxygens (including phenoxy) is 1. The van der Waals surface area contributed by atoms with Gasteiger partial charge in [-0.15, -0.1) is 0 Å². The smallest absolute Gasteiger partial charge is 0.262 e. The molecule has 6 heteroatoms. The van der Waals surface area contributed by atoms with Crippen LogP contribution in [0.3, 0.4) is 0 Å². The van der Waals surface area contributed by atoms with E-state index >= 15 is 0 Å². The Morgan fingerprint density at radius 3 is 2.31 bits per heavy atom. The molecule has 0 saturated heterocycles. The van der Waals surface area contributed by atoms with E-state index in [4.69, 9.17) is 10.00 Å². The van der Waals surface area contributed by atoms with E-state index in [-0.39, 0.29) is 12.5 Å². The van der Waals surface area contributed by atoms with Gasteiger partial charge in [-0.25, -0.2) is 0 Å². The van der Waals surface area contributed by atoms with Gasteiger partial charge >= 0.3 is 0 Å². The van der Waals surface area contributed by atoms with Crippen molar-refractivity contribution in [2.24, 2.45) is 0 Å². The summed E-state index contributed by atoms with van der Waals surface area (Å²) in [6.07, 6.45) is 0. The zero-order chi connectivity index (χ0) is 20.5. The summed E-state index contributed by atoms with van der Waals surface area (Å²) in [5, 5.41) is 14.4. The molecule has 0 aromatic heterocycles. The maximum absolute atomic E-state index is 12.5. The summed E-state index contributed by atoms with van der Waals surface area (Å²) < 4.78 is 5.42. The Kier molecular flexibility index (Phi) is 6.58.